The Labute approximate surface area is 186 Å². The third-order valence-electron chi connectivity index (χ3n) is 6.47. The molecule has 3 aromatic heterocycles. The average Bonchev–Trinajstić information content (AvgIpc) is 3.35. The maximum Gasteiger partial charge on any atom is 0.345 e. The molecule has 0 aromatic carbocycles. The first-order valence-electron chi connectivity index (χ1n) is 11.6. The van der Waals surface area contributed by atoms with E-state index in [-0.39, 0.29) is 12.6 Å². The van der Waals surface area contributed by atoms with E-state index in [4.69, 9.17) is 4.98 Å². The molecule has 0 spiro atoms. The first-order valence-corrected chi connectivity index (χ1v) is 11.6. The number of alkyl halides is 2. The molecule has 2 aliphatic carbocycles. The molecular formula is C23H30F2N6O. The lowest BCUT2D eigenvalue weighted by molar-refractivity contribution is -0.130. The number of rotatable bonds is 9. The van der Waals surface area contributed by atoms with Gasteiger partial charge in [0.25, 0.3) is 0 Å². The van der Waals surface area contributed by atoms with Crippen LogP contribution in [0.3, 0.4) is 0 Å². The molecule has 3 aromatic rings. The van der Waals surface area contributed by atoms with Gasteiger partial charge in [0.15, 0.2) is 0 Å². The van der Waals surface area contributed by atoms with Crippen molar-refractivity contribution in [1.29, 1.82) is 0 Å². The Morgan fingerprint density at radius 3 is 2.69 bits per heavy atom. The summed E-state index contributed by atoms with van der Waals surface area (Å²) in [6.07, 6.45) is 16.6. The molecule has 3 heterocycles. The number of halogens is 2. The van der Waals surface area contributed by atoms with Gasteiger partial charge in [-0.15, -0.1) is 0 Å². The summed E-state index contributed by atoms with van der Waals surface area (Å²) in [5.74, 6) is 1.19. The molecule has 0 bridgehead atoms. The molecule has 0 unspecified atom stereocenters. The molecule has 0 radical (unpaired) electrons. The zero-order chi connectivity index (χ0) is 22.1. The van der Waals surface area contributed by atoms with Gasteiger partial charge in [-0.05, 0) is 38.5 Å². The van der Waals surface area contributed by atoms with Gasteiger partial charge in [0, 0.05) is 53.7 Å². The van der Waals surface area contributed by atoms with E-state index in [9.17, 15) is 8.78 Å². The van der Waals surface area contributed by atoms with Crippen LogP contribution in [0.25, 0.3) is 22.2 Å². The van der Waals surface area contributed by atoms with Gasteiger partial charge < -0.3 is 14.6 Å². The predicted molar refractivity (Wildman–Crippen MR) is 119 cm³/mol. The van der Waals surface area contributed by atoms with E-state index in [2.05, 4.69) is 37.1 Å². The molecule has 32 heavy (non-hydrogen) atoms. The Kier molecular flexibility index (Phi) is 6.08. The Balaban J connectivity index is 1.46. The Morgan fingerprint density at radius 1 is 1.12 bits per heavy atom. The third kappa shape index (κ3) is 4.77. The number of ether oxygens (including phenoxy) is 1. The number of nitrogens with zero attached hydrogens (tertiary/aromatic N) is 5. The highest BCUT2D eigenvalue weighted by Crippen LogP contribution is 2.37. The first kappa shape index (κ1) is 21.3. The second-order valence-electron chi connectivity index (χ2n) is 9.21. The largest absolute Gasteiger partial charge is 0.349 e. The van der Waals surface area contributed by atoms with Gasteiger partial charge in [-0.2, -0.15) is 18.9 Å². The second-order valence-corrected chi connectivity index (χ2v) is 9.21. The summed E-state index contributed by atoms with van der Waals surface area (Å²) in [5.41, 5.74) is 3.04. The number of aromatic nitrogens is 5. The maximum absolute atomic E-state index is 12.3. The van der Waals surface area contributed by atoms with Crippen LogP contribution in [-0.2, 0) is 11.3 Å². The Hall–Kier alpha value is -2.55. The normalized spacial score (nSPS) is 18.5. The molecule has 0 aliphatic heterocycles. The molecule has 5 rings (SSSR count). The molecule has 2 aliphatic rings. The van der Waals surface area contributed by atoms with E-state index in [0.717, 1.165) is 47.5 Å². The van der Waals surface area contributed by atoms with Gasteiger partial charge in [0.2, 0.25) is 5.95 Å². The zero-order valence-electron chi connectivity index (χ0n) is 18.4. The van der Waals surface area contributed by atoms with Crippen LogP contribution in [0.4, 0.5) is 14.7 Å². The summed E-state index contributed by atoms with van der Waals surface area (Å²) >= 11 is 0. The Morgan fingerprint density at radius 2 is 1.94 bits per heavy atom. The van der Waals surface area contributed by atoms with Gasteiger partial charge in [-0.25, -0.2) is 4.98 Å². The molecule has 172 valence electrons. The van der Waals surface area contributed by atoms with Crippen molar-refractivity contribution in [3.8, 4) is 11.1 Å². The van der Waals surface area contributed by atoms with E-state index in [1.54, 1.807) is 6.92 Å². The summed E-state index contributed by atoms with van der Waals surface area (Å²) in [6, 6.07) is 0.0727. The summed E-state index contributed by atoms with van der Waals surface area (Å²) in [7, 11) is 0. The van der Waals surface area contributed by atoms with Gasteiger partial charge in [0.1, 0.15) is 5.65 Å². The molecule has 0 saturated heterocycles. The predicted octanol–water partition coefficient (Wildman–Crippen LogP) is 5.25. The number of anilines is 1. The molecule has 1 N–H and O–H groups in total. The minimum Gasteiger partial charge on any atom is -0.349 e. The lowest BCUT2D eigenvalue weighted by Crippen LogP contribution is -2.24. The first-order chi connectivity index (χ1) is 15.6. The van der Waals surface area contributed by atoms with Crippen LogP contribution in [0.5, 0.6) is 0 Å². The van der Waals surface area contributed by atoms with Crippen LogP contribution in [0.1, 0.15) is 57.9 Å². The van der Waals surface area contributed by atoms with Crippen molar-refractivity contribution >= 4 is 17.0 Å². The topological polar surface area (TPSA) is 69.8 Å². The summed E-state index contributed by atoms with van der Waals surface area (Å²) in [6.45, 7) is -0.150. The molecule has 9 heteroatoms. The average molecular weight is 445 g/mol. The Bertz CT molecular complexity index is 1050. The highest BCUT2D eigenvalue weighted by atomic mass is 19.3. The fourth-order valence-corrected chi connectivity index (χ4v) is 4.61. The lowest BCUT2D eigenvalue weighted by Gasteiger charge is -2.24. The van der Waals surface area contributed by atoms with E-state index < -0.39 is 6.61 Å². The fourth-order valence-electron chi connectivity index (χ4n) is 4.61. The highest BCUT2D eigenvalue weighted by Gasteiger charge is 2.24. The van der Waals surface area contributed by atoms with Gasteiger partial charge in [-0.3, -0.25) is 4.68 Å². The van der Waals surface area contributed by atoms with Crippen LogP contribution in [0, 0.1) is 5.92 Å². The van der Waals surface area contributed by atoms with E-state index >= 15 is 0 Å². The molecule has 0 amide bonds. The van der Waals surface area contributed by atoms with Crippen molar-refractivity contribution in [2.45, 2.75) is 77.1 Å². The van der Waals surface area contributed by atoms with E-state index in [1.807, 2.05) is 17.1 Å². The van der Waals surface area contributed by atoms with E-state index in [0.29, 0.717) is 12.0 Å². The monoisotopic (exact) mass is 444 g/mol. The molecule has 1 atom stereocenters. The number of fused-ring (bicyclic) bond motifs is 1. The zero-order valence-corrected chi connectivity index (χ0v) is 18.4. The van der Waals surface area contributed by atoms with Crippen molar-refractivity contribution in [3.63, 3.8) is 0 Å². The van der Waals surface area contributed by atoms with Crippen molar-refractivity contribution in [3.05, 3.63) is 24.8 Å². The molecule has 7 nitrogen and oxygen atoms in total. The third-order valence-corrected chi connectivity index (χ3v) is 6.47. The van der Waals surface area contributed by atoms with Crippen LogP contribution in [-0.4, -0.2) is 43.6 Å². The van der Waals surface area contributed by atoms with Gasteiger partial charge >= 0.3 is 6.61 Å². The lowest BCUT2D eigenvalue weighted by atomic mass is 9.95. The molecule has 2 saturated carbocycles. The van der Waals surface area contributed by atoms with Crippen molar-refractivity contribution in [2.75, 3.05) is 11.9 Å². The summed E-state index contributed by atoms with van der Waals surface area (Å²) in [5, 5.41) is 8.65. The van der Waals surface area contributed by atoms with Crippen molar-refractivity contribution in [2.24, 2.45) is 5.92 Å². The fraction of sp³-hybridized carbons (Fsp3) is 0.609. The maximum atomic E-state index is 12.3. The van der Waals surface area contributed by atoms with Crippen molar-refractivity contribution < 1.29 is 13.5 Å². The molecular weight excluding hydrogens is 414 g/mol. The van der Waals surface area contributed by atoms with Crippen LogP contribution < -0.4 is 5.32 Å². The number of nitrogens with one attached hydrogen (secondary N) is 1. The van der Waals surface area contributed by atoms with Gasteiger partial charge in [0.05, 0.1) is 12.8 Å². The van der Waals surface area contributed by atoms with Crippen LogP contribution in [0.15, 0.2) is 24.8 Å². The van der Waals surface area contributed by atoms with Gasteiger partial charge in [-0.1, -0.05) is 19.3 Å². The minimum absolute atomic E-state index is 0.117. The highest BCUT2D eigenvalue weighted by molar-refractivity contribution is 5.93. The molecule has 2 fully saturated rings. The second kappa shape index (κ2) is 9.13. The minimum atomic E-state index is -2.78. The standard InChI is InChI=1S/C23H30F2N6O/c1-15(14-32-22(24)25)28-23-26-10-19-20(17-9-27-30(12-17)11-16-7-8-16)13-31(21(19)29-23)18-5-3-2-4-6-18/h9-10,12-13,15-16,18,22H,2-8,11,14H2,1H3,(H,26,28,29)/t15-/m0/s1. The van der Waals surface area contributed by atoms with Crippen molar-refractivity contribution in [1.82, 2.24) is 24.3 Å². The quantitative estimate of drug-likeness (QED) is 0.488. The van der Waals surface area contributed by atoms with E-state index in [1.165, 1.54) is 32.1 Å². The summed E-state index contributed by atoms with van der Waals surface area (Å²) in [4.78, 5) is 9.28. The number of hydrogen-bond donors (Lipinski definition) is 1. The van der Waals surface area contributed by atoms with Crippen LogP contribution >= 0.6 is 0 Å². The number of hydrogen-bond acceptors (Lipinski definition) is 5. The SMILES string of the molecule is C[C@@H](COC(F)F)Nc1ncc2c(-c3cnn(CC4CC4)c3)cn(C3CCCCC3)c2n1. The smallest absolute Gasteiger partial charge is 0.345 e. The summed E-state index contributed by atoms with van der Waals surface area (Å²) < 4.78 is 33.4. The van der Waals surface area contributed by atoms with Crippen LogP contribution in [0.2, 0.25) is 0 Å².